The summed E-state index contributed by atoms with van der Waals surface area (Å²) < 4.78 is 9.93. The van der Waals surface area contributed by atoms with E-state index < -0.39 is 5.97 Å². The van der Waals surface area contributed by atoms with Crippen LogP contribution in [0.15, 0.2) is 42.5 Å². The number of esters is 1. The van der Waals surface area contributed by atoms with Crippen LogP contribution in [0.4, 0.5) is 0 Å². The quantitative estimate of drug-likeness (QED) is 0.786. The minimum absolute atomic E-state index is 0.00893. The molecule has 1 amide bonds. The van der Waals surface area contributed by atoms with Crippen molar-refractivity contribution in [3.05, 3.63) is 64.2 Å². The summed E-state index contributed by atoms with van der Waals surface area (Å²) in [6, 6.07) is 12.8. The molecule has 1 aliphatic rings. The van der Waals surface area contributed by atoms with Gasteiger partial charge in [0.25, 0.3) is 0 Å². The minimum atomic E-state index is -0.476. The van der Waals surface area contributed by atoms with Crippen molar-refractivity contribution in [1.82, 2.24) is 5.32 Å². The molecule has 0 spiro atoms. The Morgan fingerprint density at radius 1 is 1.19 bits per heavy atom. The first-order chi connectivity index (χ1) is 12.5. The monoisotopic (exact) mass is 373 g/mol. The van der Waals surface area contributed by atoms with Crippen molar-refractivity contribution in [3.63, 3.8) is 0 Å². The molecule has 0 heterocycles. The molecule has 1 saturated carbocycles. The van der Waals surface area contributed by atoms with Crippen LogP contribution >= 0.6 is 11.6 Å². The third kappa shape index (κ3) is 3.83. The zero-order chi connectivity index (χ0) is 18.7. The van der Waals surface area contributed by atoms with Gasteiger partial charge in [-0.15, -0.1) is 0 Å². The maximum Gasteiger partial charge on any atom is 0.341 e. The van der Waals surface area contributed by atoms with Gasteiger partial charge in [-0.1, -0.05) is 35.9 Å². The molecule has 0 aliphatic heterocycles. The van der Waals surface area contributed by atoms with E-state index in [2.05, 4.69) is 5.32 Å². The van der Waals surface area contributed by atoms with Crippen LogP contribution in [0.1, 0.15) is 33.8 Å². The predicted octanol–water partition coefficient (Wildman–Crippen LogP) is 3.56. The summed E-state index contributed by atoms with van der Waals surface area (Å²) in [5.74, 6) is 0.0627. The van der Waals surface area contributed by atoms with Gasteiger partial charge in [0.1, 0.15) is 11.3 Å². The van der Waals surface area contributed by atoms with Crippen molar-refractivity contribution in [2.45, 2.75) is 18.9 Å². The van der Waals surface area contributed by atoms with E-state index in [1.54, 1.807) is 12.1 Å². The third-order valence-corrected chi connectivity index (χ3v) is 4.91. The van der Waals surface area contributed by atoms with Crippen molar-refractivity contribution >= 4 is 23.5 Å². The second-order valence-electron chi connectivity index (χ2n) is 6.21. The van der Waals surface area contributed by atoms with Crippen LogP contribution in [0.2, 0.25) is 5.02 Å². The highest BCUT2D eigenvalue weighted by atomic mass is 35.5. The lowest BCUT2D eigenvalue weighted by Gasteiger charge is -2.10. The Morgan fingerprint density at radius 3 is 2.65 bits per heavy atom. The Bertz CT molecular complexity index is 836. The molecule has 2 aromatic carbocycles. The van der Waals surface area contributed by atoms with Gasteiger partial charge in [-0.3, -0.25) is 4.79 Å². The standard InChI is InChI=1S/C20H20ClNO4/c1-25-18-8-7-12(9-16(18)20(24)26-2)11-22-19(23)15-10-14(15)13-5-3-4-6-17(13)21/h3-9,14-15H,10-11H2,1-2H3,(H,22,23). The van der Waals surface area contributed by atoms with Gasteiger partial charge in [0, 0.05) is 17.5 Å². The summed E-state index contributed by atoms with van der Waals surface area (Å²) in [5.41, 5.74) is 2.16. The molecule has 5 nitrogen and oxygen atoms in total. The van der Waals surface area contributed by atoms with E-state index in [0.717, 1.165) is 17.5 Å². The molecule has 3 rings (SSSR count). The number of methoxy groups -OCH3 is 2. The average Bonchev–Trinajstić information content (AvgIpc) is 3.46. The van der Waals surface area contributed by atoms with Gasteiger partial charge in [-0.05, 0) is 41.7 Å². The SMILES string of the molecule is COC(=O)c1cc(CNC(=O)C2CC2c2ccccc2Cl)ccc1OC. The van der Waals surface area contributed by atoms with Gasteiger partial charge in [0.05, 0.1) is 14.2 Å². The van der Waals surface area contributed by atoms with Crippen molar-refractivity contribution in [3.8, 4) is 5.75 Å². The number of benzene rings is 2. The highest BCUT2D eigenvalue weighted by molar-refractivity contribution is 6.31. The number of hydrogen-bond acceptors (Lipinski definition) is 4. The zero-order valence-corrected chi connectivity index (χ0v) is 15.4. The van der Waals surface area contributed by atoms with Crippen molar-refractivity contribution < 1.29 is 19.1 Å². The number of rotatable bonds is 6. The van der Waals surface area contributed by atoms with Gasteiger partial charge >= 0.3 is 5.97 Å². The fourth-order valence-electron chi connectivity index (χ4n) is 3.06. The summed E-state index contributed by atoms with van der Waals surface area (Å²) in [6.45, 7) is 0.332. The van der Waals surface area contributed by atoms with Gasteiger partial charge in [-0.25, -0.2) is 4.79 Å². The van der Waals surface area contributed by atoms with Crippen molar-refractivity contribution in [2.24, 2.45) is 5.92 Å². The van der Waals surface area contributed by atoms with E-state index in [9.17, 15) is 9.59 Å². The number of carbonyl (C=O) groups excluding carboxylic acids is 2. The Hall–Kier alpha value is -2.53. The molecule has 2 atom stereocenters. The van der Waals surface area contributed by atoms with Crippen LogP contribution in [0.25, 0.3) is 0 Å². The molecule has 1 N–H and O–H groups in total. The molecule has 0 saturated heterocycles. The summed E-state index contributed by atoms with van der Waals surface area (Å²) in [6.07, 6.45) is 0.797. The fraction of sp³-hybridized carbons (Fsp3) is 0.300. The molecule has 26 heavy (non-hydrogen) atoms. The lowest BCUT2D eigenvalue weighted by molar-refractivity contribution is -0.122. The second kappa shape index (κ2) is 7.79. The van der Waals surface area contributed by atoms with Crippen LogP contribution in [-0.4, -0.2) is 26.1 Å². The summed E-state index contributed by atoms with van der Waals surface area (Å²) in [4.78, 5) is 24.2. The van der Waals surface area contributed by atoms with Crippen LogP contribution in [0.3, 0.4) is 0 Å². The number of nitrogens with one attached hydrogen (secondary N) is 1. The average molecular weight is 374 g/mol. The maximum atomic E-state index is 12.4. The largest absolute Gasteiger partial charge is 0.496 e. The lowest BCUT2D eigenvalue weighted by Crippen LogP contribution is -2.25. The van der Waals surface area contributed by atoms with Crippen LogP contribution in [0.5, 0.6) is 5.75 Å². The van der Waals surface area contributed by atoms with E-state index in [0.29, 0.717) is 22.9 Å². The molecule has 2 aromatic rings. The minimum Gasteiger partial charge on any atom is -0.496 e. The van der Waals surface area contributed by atoms with Crippen molar-refractivity contribution in [1.29, 1.82) is 0 Å². The first-order valence-electron chi connectivity index (χ1n) is 8.32. The Balaban J connectivity index is 1.62. The molecule has 0 aromatic heterocycles. The molecule has 1 aliphatic carbocycles. The smallest absolute Gasteiger partial charge is 0.341 e. The fourth-order valence-corrected chi connectivity index (χ4v) is 3.34. The molecule has 0 bridgehead atoms. The van der Waals surface area contributed by atoms with E-state index in [1.807, 2.05) is 30.3 Å². The third-order valence-electron chi connectivity index (χ3n) is 4.57. The normalized spacial score (nSPS) is 18.1. The second-order valence-corrected chi connectivity index (χ2v) is 6.62. The van der Waals surface area contributed by atoms with Crippen molar-refractivity contribution in [2.75, 3.05) is 14.2 Å². The Morgan fingerprint density at radius 2 is 1.96 bits per heavy atom. The lowest BCUT2D eigenvalue weighted by atomic mass is 10.1. The Labute approximate surface area is 157 Å². The molecule has 1 fully saturated rings. The molecule has 136 valence electrons. The van der Waals surface area contributed by atoms with E-state index >= 15 is 0 Å². The molecule has 0 radical (unpaired) electrons. The topological polar surface area (TPSA) is 64.6 Å². The molecular formula is C20H20ClNO4. The van der Waals surface area contributed by atoms with Crippen LogP contribution in [-0.2, 0) is 16.1 Å². The first kappa shape index (κ1) is 18.3. The number of ether oxygens (including phenoxy) is 2. The van der Waals surface area contributed by atoms with Gasteiger partial charge in [-0.2, -0.15) is 0 Å². The summed E-state index contributed by atoms with van der Waals surface area (Å²) >= 11 is 6.20. The zero-order valence-electron chi connectivity index (χ0n) is 14.6. The van der Waals surface area contributed by atoms with E-state index in [1.165, 1.54) is 14.2 Å². The van der Waals surface area contributed by atoms with Gasteiger partial charge < -0.3 is 14.8 Å². The first-order valence-corrected chi connectivity index (χ1v) is 8.70. The van der Waals surface area contributed by atoms with Gasteiger partial charge in [0.2, 0.25) is 5.91 Å². The molecular weight excluding hydrogens is 354 g/mol. The van der Waals surface area contributed by atoms with E-state index in [-0.39, 0.29) is 17.7 Å². The molecule has 6 heteroatoms. The number of hydrogen-bond donors (Lipinski definition) is 1. The van der Waals surface area contributed by atoms with Crippen LogP contribution in [0, 0.1) is 5.92 Å². The number of halogens is 1. The number of carbonyl (C=O) groups is 2. The van der Waals surface area contributed by atoms with E-state index in [4.69, 9.17) is 21.1 Å². The predicted molar refractivity (Wildman–Crippen MR) is 98.5 cm³/mol. The number of amides is 1. The Kier molecular flexibility index (Phi) is 5.47. The summed E-state index contributed by atoms with van der Waals surface area (Å²) in [7, 11) is 2.81. The molecule has 2 unspecified atom stereocenters. The van der Waals surface area contributed by atoms with Gasteiger partial charge in [0.15, 0.2) is 0 Å². The summed E-state index contributed by atoms with van der Waals surface area (Å²) in [5, 5.41) is 3.63. The maximum absolute atomic E-state index is 12.4. The highest BCUT2D eigenvalue weighted by Gasteiger charge is 2.44. The highest BCUT2D eigenvalue weighted by Crippen LogP contribution is 2.49. The van der Waals surface area contributed by atoms with Crippen LogP contribution < -0.4 is 10.1 Å².